The Hall–Kier alpha value is -0.123. The molecule has 0 aliphatic carbocycles. The van der Waals surface area contributed by atoms with Crippen molar-refractivity contribution in [2.75, 3.05) is 0 Å². The van der Waals surface area contributed by atoms with E-state index in [-0.39, 0.29) is 0 Å². The number of halogens is 1. The fraction of sp³-hybridized carbons (Fsp3) is 0.538. The summed E-state index contributed by atoms with van der Waals surface area (Å²) in [5.74, 6) is 0. The summed E-state index contributed by atoms with van der Waals surface area (Å²) in [5, 5.41) is 0. The molecule has 1 aromatic rings. The summed E-state index contributed by atoms with van der Waals surface area (Å²) in [6.45, 7) is 9.87. The maximum atomic E-state index is 6.11. The molecule has 0 bridgehead atoms. The second kappa shape index (κ2) is 6.57. The van der Waals surface area contributed by atoms with Crippen molar-refractivity contribution in [2.45, 2.75) is 45.4 Å². The van der Waals surface area contributed by atoms with Crippen LogP contribution in [-0.4, -0.2) is 9.04 Å². The SMILES string of the molecule is CC(C)[SiH](OCc1ccc(Br)cc1)C(C)C. The molecule has 0 spiro atoms. The molecule has 1 nitrogen and oxygen atoms in total. The summed E-state index contributed by atoms with van der Waals surface area (Å²) in [7, 11) is -1.07. The molecule has 0 unspecified atom stereocenters. The van der Waals surface area contributed by atoms with E-state index >= 15 is 0 Å². The molecular formula is C13H21BrOSi. The van der Waals surface area contributed by atoms with E-state index in [4.69, 9.17) is 4.43 Å². The van der Waals surface area contributed by atoms with E-state index in [1.54, 1.807) is 0 Å². The molecule has 0 atom stereocenters. The minimum absolute atomic E-state index is 0.704. The standard InChI is InChI=1S/C13H21BrOSi/c1-10(2)16(11(3)4)15-9-12-5-7-13(14)8-6-12/h5-8,10-11,16H,9H2,1-4H3. The third-order valence-electron chi connectivity index (χ3n) is 2.67. The highest BCUT2D eigenvalue weighted by Crippen LogP contribution is 2.22. The lowest BCUT2D eigenvalue weighted by atomic mass is 10.2. The summed E-state index contributed by atoms with van der Waals surface area (Å²) in [6.07, 6.45) is 0. The first-order chi connectivity index (χ1) is 7.50. The second-order valence-electron chi connectivity index (χ2n) is 4.89. The fourth-order valence-corrected chi connectivity index (χ4v) is 4.89. The predicted molar refractivity (Wildman–Crippen MR) is 76.3 cm³/mol. The van der Waals surface area contributed by atoms with Gasteiger partial charge in [0.1, 0.15) is 0 Å². The van der Waals surface area contributed by atoms with E-state index in [0.717, 1.165) is 11.1 Å². The Morgan fingerprint density at radius 3 is 2.00 bits per heavy atom. The van der Waals surface area contributed by atoms with Gasteiger partial charge in [0.15, 0.2) is 9.04 Å². The molecule has 0 aliphatic rings. The van der Waals surface area contributed by atoms with Crippen molar-refractivity contribution in [2.24, 2.45) is 0 Å². The van der Waals surface area contributed by atoms with Crippen LogP contribution in [0.4, 0.5) is 0 Å². The molecule has 3 heteroatoms. The molecule has 0 saturated heterocycles. The van der Waals surface area contributed by atoms with Gasteiger partial charge in [-0.2, -0.15) is 0 Å². The Bertz CT molecular complexity index is 300. The first-order valence-electron chi connectivity index (χ1n) is 5.86. The highest BCUT2D eigenvalue weighted by atomic mass is 79.9. The van der Waals surface area contributed by atoms with Gasteiger partial charge in [0.05, 0.1) is 6.61 Å². The zero-order valence-electron chi connectivity index (χ0n) is 10.5. The first-order valence-corrected chi connectivity index (χ1v) is 8.46. The van der Waals surface area contributed by atoms with Crippen LogP contribution in [0.5, 0.6) is 0 Å². The number of benzene rings is 1. The monoisotopic (exact) mass is 300 g/mol. The summed E-state index contributed by atoms with van der Waals surface area (Å²) in [6, 6.07) is 8.38. The average Bonchev–Trinajstić information content (AvgIpc) is 2.20. The largest absolute Gasteiger partial charge is 0.415 e. The second-order valence-corrected chi connectivity index (χ2v) is 9.74. The van der Waals surface area contributed by atoms with Crippen molar-refractivity contribution in [3.8, 4) is 0 Å². The highest BCUT2D eigenvalue weighted by Gasteiger charge is 2.20. The molecule has 90 valence electrons. The topological polar surface area (TPSA) is 9.23 Å². The zero-order valence-corrected chi connectivity index (χ0v) is 13.3. The average molecular weight is 301 g/mol. The molecule has 0 N–H and O–H groups in total. The van der Waals surface area contributed by atoms with E-state index in [2.05, 4.69) is 67.9 Å². The van der Waals surface area contributed by atoms with Crippen molar-refractivity contribution >= 4 is 25.0 Å². The van der Waals surface area contributed by atoms with Gasteiger partial charge in [-0.15, -0.1) is 0 Å². The van der Waals surface area contributed by atoms with Gasteiger partial charge in [-0.25, -0.2) is 0 Å². The highest BCUT2D eigenvalue weighted by molar-refractivity contribution is 9.10. The Balaban J connectivity index is 2.52. The maximum Gasteiger partial charge on any atom is 0.182 e. The van der Waals surface area contributed by atoms with Crippen LogP contribution in [0.3, 0.4) is 0 Å². The molecule has 1 rings (SSSR count). The molecule has 16 heavy (non-hydrogen) atoms. The molecule has 1 aromatic carbocycles. The molecule has 0 saturated carbocycles. The van der Waals surface area contributed by atoms with Gasteiger partial charge in [-0.05, 0) is 28.8 Å². The first kappa shape index (κ1) is 13.9. The lowest BCUT2D eigenvalue weighted by Gasteiger charge is -2.23. The van der Waals surface area contributed by atoms with E-state index in [9.17, 15) is 0 Å². The molecule has 0 fully saturated rings. The van der Waals surface area contributed by atoms with Crippen LogP contribution in [-0.2, 0) is 11.0 Å². The molecule has 0 radical (unpaired) electrons. The Kier molecular flexibility index (Phi) is 5.73. The predicted octanol–water partition coefficient (Wildman–Crippen LogP) is 4.51. The van der Waals surface area contributed by atoms with E-state index in [1.165, 1.54) is 5.56 Å². The van der Waals surface area contributed by atoms with E-state index < -0.39 is 9.04 Å². The van der Waals surface area contributed by atoms with E-state index in [0.29, 0.717) is 11.1 Å². The Labute approximate surface area is 109 Å². The maximum absolute atomic E-state index is 6.11. The fourth-order valence-electron chi connectivity index (χ4n) is 1.93. The Morgan fingerprint density at radius 1 is 1.06 bits per heavy atom. The number of hydrogen-bond donors (Lipinski definition) is 0. The van der Waals surface area contributed by atoms with Gasteiger partial charge in [-0.1, -0.05) is 55.8 Å². The minimum atomic E-state index is -1.07. The van der Waals surface area contributed by atoms with Crippen LogP contribution < -0.4 is 0 Å². The van der Waals surface area contributed by atoms with Crippen LogP contribution in [0, 0.1) is 0 Å². The van der Waals surface area contributed by atoms with Gasteiger partial charge >= 0.3 is 0 Å². The normalized spacial score (nSPS) is 11.8. The lowest BCUT2D eigenvalue weighted by Crippen LogP contribution is -2.25. The zero-order chi connectivity index (χ0) is 12.1. The number of hydrogen-bond acceptors (Lipinski definition) is 1. The van der Waals surface area contributed by atoms with Crippen LogP contribution >= 0.6 is 15.9 Å². The third-order valence-corrected chi connectivity index (χ3v) is 6.38. The molecule has 0 aromatic heterocycles. The molecule has 0 heterocycles. The summed E-state index contributed by atoms with van der Waals surface area (Å²) in [4.78, 5) is 0. The summed E-state index contributed by atoms with van der Waals surface area (Å²) in [5.41, 5.74) is 2.67. The molecule has 0 amide bonds. The van der Waals surface area contributed by atoms with Crippen LogP contribution in [0.25, 0.3) is 0 Å². The van der Waals surface area contributed by atoms with Gasteiger partial charge in [-0.3, -0.25) is 0 Å². The number of rotatable bonds is 5. The van der Waals surface area contributed by atoms with Crippen molar-refractivity contribution in [1.29, 1.82) is 0 Å². The van der Waals surface area contributed by atoms with Crippen molar-refractivity contribution in [1.82, 2.24) is 0 Å². The van der Waals surface area contributed by atoms with Gasteiger partial charge in [0, 0.05) is 4.47 Å². The van der Waals surface area contributed by atoms with Gasteiger partial charge in [0.25, 0.3) is 0 Å². The van der Waals surface area contributed by atoms with Gasteiger partial charge < -0.3 is 4.43 Å². The lowest BCUT2D eigenvalue weighted by molar-refractivity contribution is 0.296. The van der Waals surface area contributed by atoms with Crippen molar-refractivity contribution < 1.29 is 4.43 Å². The van der Waals surface area contributed by atoms with Crippen LogP contribution in [0.1, 0.15) is 33.3 Å². The Morgan fingerprint density at radius 2 is 1.56 bits per heavy atom. The quantitative estimate of drug-likeness (QED) is 0.727. The smallest absolute Gasteiger partial charge is 0.182 e. The third kappa shape index (κ3) is 4.40. The van der Waals surface area contributed by atoms with Crippen LogP contribution in [0.15, 0.2) is 28.7 Å². The van der Waals surface area contributed by atoms with Crippen molar-refractivity contribution in [3.63, 3.8) is 0 Å². The van der Waals surface area contributed by atoms with Crippen molar-refractivity contribution in [3.05, 3.63) is 34.3 Å². The summed E-state index contributed by atoms with van der Waals surface area (Å²) < 4.78 is 7.24. The van der Waals surface area contributed by atoms with Crippen LogP contribution in [0.2, 0.25) is 11.1 Å². The van der Waals surface area contributed by atoms with Gasteiger partial charge in [0.2, 0.25) is 0 Å². The van der Waals surface area contributed by atoms with E-state index in [1.807, 2.05) is 0 Å². The minimum Gasteiger partial charge on any atom is -0.415 e. The molecule has 0 aliphatic heterocycles. The molecular weight excluding hydrogens is 280 g/mol. The summed E-state index contributed by atoms with van der Waals surface area (Å²) >= 11 is 3.44.